The van der Waals surface area contributed by atoms with E-state index in [1.165, 1.54) is 12.0 Å². The Balaban J connectivity index is 2.22. The first-order valence-electron chi connectivity index (χ1n) is 4.86. The van der Waals surface area contributed by atoms with Crippen LogP contribution in [0.3, 0.4) is 0 Å². The molecule has 0 radical (unpaired) electrons. The van der Waals surface area contributed by atoms with Crippen molar-refractivity contribution in [3.8, 4) is 0 Å². The van der Waals surface area contributed by atoms with E-state index in [4.69, 9.17) is 4.84 Å². The van der Waals surface area contributed by atoms with Gasteiger partial charge in [-0.25, -0.2) is 0 Å². The molecule has 72 valence electrons. The van der Waals surface area contributed by atoms with Crippen LogP contribution in [0, 0.1) is 17.3 Å². The van der Waals surface area contributed by atoms with Crippen molar-refractivity contribution in [3.63, 3.8) is 0 Å². The molecule has 2 heteroatoms. The number of hydrogen-bond donors (Lipinski definition) is 0. The van der Waals surface area contributed by atoms with E-state index in [0.29, 0.717) is 11.3 Å². The smallest absolute Gasteiger partial charge is 0.106 e. The molecular formula is C11H17NO. The van der Waals surface area contributed by atoms with Gasteiger partial charge in [-0.1, -0.05) is 25.6 Å². The maximum Gasteiger partial charge on any atom is 0.106 e. The minimum Gasteiger partial charge on any atom is -0.399 e. The largest absolute Gasteiger partial charge is 0.399 e. The van der Waals surface area contributed by atoms with E-state index in [2.05, 4.69) is 25.6 Å². The fraction of sp³-hybridized carbons (Fsp3) is 0.727. The quantitative estimate of drug-likeness (QED) is 0.567. The molecule has 0 aromatic heterocycles. The number of rotatable bonds is 1. The van der Waals surface area contributed by atoms with Crippen LogP contribution in [-0.4, -0.2) is 12.8 Å². The zero-order valence-electron chi connectivity index (χ0n) is 8.63. The number of hydrogen-bond acceptors (Lipinski definition) is 2. The molecule has 3 aliphatic rings. The molecule has 3 aliphatic carbocycles. The molecule has 3 fully saturated rings. The van der Waals surface area contributed by atoms with E-state index >= 15 is 0 Å². The molecule has 2 bridgehead atoms. The molecule has 2 atom stereocenters. The average Bonchev–Trinajstić information content (AvgIpc) is 2.08. The Hall–Kier alpha value is -0.790. The van der Waals surface area contributed by atoms with Crippen molar-refractivity contribution in [2.24, 2.45) is 22.4 Å². The molecule has 0 aliphatic heterocycles. The Kier molecular flexibility index (Phi) is 1.76. The maximum absolute atomic E-state index is 4.82. The van der Waals surface area contributed by atoms with Gasteiger partial charge in [0.15, 0.2) is 0 Å². The Morgan fingerprint density at radius 3 is 2.69 bits per heavy atom. The Labute approximate surface area is 79.7 Å². The summed E-state index contributed by atoms with van der Waals surface area (Å²) in [5.41, 5.74) is 2.74. The summed E-state index contributed by atoms with van der Waals surface area (Å²) in [5, 5.41) is 4.03. The molecule has 0 unspecified atom stereocenters. The standard InChI is InChI=1S/C11H17NO/c1-7-9-5-8(11(9,2)3)6-10(7)12-13-4/h8-9H,1,5-6H2,2-4H3/b12-10-/t8-,9+/m0/s1. The number of oxime groups is 1. The summed E-state index contributed by atoms with van der Waals surface area (Å²) in [6, 6.07) is 0. The fourth-order valence-electron chi connectivity index (χ4n) is 2.73. The van der Waals surface area contributed by atoms with Gasteiger partial charge in [0.1, 0.15) is 7.11 Å². The molecule has 3 saturated carbocycles. The lowest BCUT2D eigenvalue weighted by molar-refractivity contribution is 0.000258. The monoisotopic (exact) mass is 179 g/mol. The van der Waals surface area contributed by atoms with Gasteiger partial charge < -0.3 is 4.84 Å². The van der Waals surface area contributed by atoms with Crippen LogP contribution in [0.15, 0.2) is 17.3 Å². The van der Waals surface area contributed by atoms with Crippen molar-refractivity contribution >= 4 is 5.71 Å². The van der Waals surface area contributed by atoms with E-state index in [1.807, 2.05) is 0 Å². The summed E-state index contributed by atoms with van der Waals surface area (Å²) in [7, 11) is 1.60. The summed E-state index contributed by atoms with van der Waals surface area (Å²) in [6.07, 6.45) is 2.35. The third kappa shape index (κ3) is 1.04. The molecule has 0 amide bonds. The third-order valence-electron chi connectivity index (χ3n) is 3.90. The average molecular weight is 179 g/mol. The van der Waals surface area contributed by atoms with Crippen molar-refractivity contribution in [1.82, 2.24) is 0 Å². The molecule has 0 aromatic rings. The summed E-state index contributed by atoms with van der Waals surface area (Å²) < 4.78 is 0. The molecule has 0 heterocycles. The predicted molar refractivity (Wildman–Crippen MR) is 53.6 cm³/mol. The van der Waals surface area contributed by atoms with Crippen molar-refractivity contribution in [2.75, 3.05) is 7.11 Å². The highest BCUT2D eigenvalue weighted by molar-refractivity contribution is 6.01. The molecule has 0 aromatic carbocycles. The first kappa shape index (κ1) is 8.79. The van der Waals surface area contributed by atoms with Crippen LogP contribution in [0.5, 0.6) is 0 Å². The zero-order valence-corrected chi connectivity index (χ0v) is 8.63. The van der Waals surface area contributed by atoms with Crippen LogP contribution in [0.1, 0.15) is 26.7 Å². The molecule has 0 saturated heterocycles. The minimum atomic E-state index is 0.448. The Morgan fingerprint density at radius 1 is 1.54 bits per heavy atom. The lowest BCUT2D eigenvalue weighted by Gasteiger charge is -2.57. The molecule has 0 N–H and O–H groups in total. The van der Waals surface area contributed by atoms with Gasteiger partial charge in [-0.15, -0.1) is 0 Å². The third-order valence-corrected chi connectivity index (χ3v) is 3.90. The second kappa shape index (κ2) is 2.60. The predicted octanol–water partition coefficient (Wildman–Crippen LogP) is 2.61. The van der Waals surface area contributed by atoms with Crippen molar-refractivity contribution in [3.05, 3.63) is 12.2 Å². The number of nitrogens with zero attached hydrogens (tertiary/aromatic N) is 1. The molecular weight excluding hydrogens is 162 g/mol. The van der Waals surface area contributed by atoms with Crippen LogP contribution >= 0.6 is 0 Å². The van der Waals surface area contributed by atoms with Crippen LogP contribution in [0.2, 0.25) is 0 Å². The van der Waals surface area contributed by atoms with Crippen LogP contribution in [0.25, 0.3) is 0 Å². The van der Waals surface area contributed by atoms with Crippen molar-refractivity contribution < 1.29 is 4.84 Å². The Bertz CT molecular complexity index is 278. The van der Waals surface area contributed by atoms with Gasteiger partial charge in [0.05, 0.1) is 5.71 Å². The maximum atomic E-state index is 4.82. The first-order valence-corrected chi connectivity index (χ1v) is 4.86. The summed E-state index contributed by atoms with van der Waals surface area (Å²) >= 11 is 0. The highest BCUT2D eigenvalue weighted by atomic mass is 16.6. The molecule has 3 rings (SSSR count). The minimum absolute atomic E-state index is 0.448. The molecule has 2 nitrogen and oxygen atoms in total. The van der Waals surface area contributed by atoms with Crippen molar-refractivity contribution in [2.45, 2.75) is 26.7 Å². The van der Waals surface area contributed by atoms with Crippen LogP contribution in [-0.2, 0) is 4.84 Å². The normalized spacial score (nSPS) is 38.7. The van der Waals surface area contributed by atoms with Gasteiger partial charge in [-0.3, -0.25) is 0 Å². The number of allylic oxidation sites excluding steroid dienone is 1. The van der Waals surface area contributed by atoms with E-state index in [1.54, 1.807) is 7.11 Å². The Morgan fingerprint density at radius 2 is 2.23 bits per heavy atom. The molecule has 0 spiro atoms. The second-order valence-corrected chi connectivity index (χ2v) is 4.76. The highest BCUT2D eigenvalue weighted by Crippen LogP contribution is 2.59. The van der Waals surface area contributed by atoms with Gasteiger partial charge in [-0.05, 0) is 35.7 Å². The van der Waals surface area contributed by atoms with Gasteiger partial charge in [0.25, 0.3) is 0 Å². The lowest BCUT2D eigenvalue weighted by atomic mass is 9.47. The number of fused-ring (bicyclic) bond motifs is 2. The van der Waals surface area contributed by atoms with E-state index in [9.17, 15) is 0 Å². The highest BCUT2D eigenvalue weighted by Gasteiger charge is 2.53. The van der Waals surface area contributed by atoms with Gasteiger partial charge in [0, 0.05) is 0 Å². The summed E-state index contributed by atoms with van der Waals surface area (Å²) in [6.45, 7) is 8.79. The van der Waals surface area contributed by atoms with E-state index < -0.39 is 0 Å². The van der Waals surface area contributed by atoms with Gasteiger partial charge >= 0.3 is 0 Å². The van der Waals surface area contributed by atoms with Crippen LogP contribution in [0.4, 0.5) is 0 Å². The van der Waals surface area contributed by atoms with Gasteiger partial charge in [0.2, 0.25) is 0 Å². The first-order chi connectivity index (χ1) is 6.07. The second-order valence-electron chi connectivity index (χ2n) is 4.76. The lowest BCUT2D eigenvalue weighted by Crippen LogP contribution is -2.52. The van der Waals surface area contributed by atoms with E-state index in [0.717, 1.165) is 18.1 Å². The van der Waals surface area contributed by atoms with Gasteiger partial charge in [-0.2, -0.15) is 0 Å². The van der Waals surface area contributed by atoms with Crippen molar-refractivity contribution in [1.29, 1.82) is 0 Å². The summed E-state index contributed by atoms with van der Waals surface area (Å²) in [5.74, 6) is 1.43. The topological polar surface area (TPSA) is 21.6 Å². The summed E-state index contributed by atoms with van der Waals surface area (Å²) in [4.78, 5) is 4.82. The zero-order chi connectivity index (χ0) is 9.64. The van der Waals surface area contributed by atoms with Crippen LogP contribution < -0.4 is 0 Å². The SMILES string of the molecule is C=C1/C(=N\OC)C[C@@H]2C[C@H]1C2(C)C. The fourth-order valence-corrected chi connectivity index (χ4v) is 2.73. The van der Waals surface area contributed by atoms with E-state index in [-0.39, 0.29) is 0 Å². The molecule has 13 heavy (non-hydrogen) atoms.